The Morgan fingerprint density at radius 2 is 1.89 bits per heavy atom. The Labute approximate surface area is 111 Å². The van der Waals surface area contributed by atoms with E-state index in [9.17, 15) is 14.0 Å². The largest absolute Gasteiger partial charge is 0.340 e. The topological polar surface area (TPSA) is 49.4 Å². The van der Waals surface area contributed by atoms with Gasteiger partial charge in [0.1, 0.15) is 17.4 Å². The molecule has 1 heterocycles. The number of carbonyl (C=O) groups is 2. The Bertz CT molecular complexity index is 515. The summed E-state index contributed by atoms with van der Waals surface area (Å²) in [5, 5.41) is 2.75. The summed E-state index contributed by atoms with van der Waals surface area (Å²) in [7, 11) is 0. The molecule has 5 heteroatoms. The molecule has 0 radical (unpaired) electrons. The van der Waals surface area contributed by atoms with Crippen LogP contribution in [0.5, 0.6) is 0 Å². The van der Waals surface area contributed by atoms with E-state index in [2.05, 4.69) is 5.32 Å². The molecule has 2 atom stereocenters. The first-order valence-electron chi connectivity index (χ1n) is 6.30. The van der Waals surface area contributed by atoms with Crippen LogP contribution in [0, 0.1) is 5.82 Å². The van der Waals surface area contributed by atoms with Gasteiger partial charge < -0.3 is 5.32 Å². The highest BCUT2D eigenvalue weighted by Gasteiger charge is 2.45. The molecular weight excluding hydrogens is 247 g/mol. The van der Waals surface area contributed by atoms with Crippen molar-refractivity contribution in [1.29, 1.82) is 0 Å². The molecule has 1 aliphatic rings. The molecule has 0 aliphatic carbocycles. The lowest BCUT2D eigenvalue weighted by molar-refractivity contribution is -0.137. The van der Waals surface area contributed by atoms with Gasteiger partial charge in [-0.25, -0.2) is 4.39 Å². The minimum Gasteiger partial charge on any atom is -0.340 e. The number of nitrogens with zero attached hydrogens (tertiary/aromatic N) is 1. The van der Waals surface area contributed by atoms with Gasteiger partial charge in [-0.3, -0.25) is 14.5 Å². The van der Waals surface area contributed by atoms with Crippen LogP contribution < -0.4 is 10.2 Å². The molecule has 0 bridgehead atoms. The Balaban J connectivity index is 2.43. The van der Waals surface area contributed by atoms with Crippen molar-refractivity contribution in [3.63, 3.8) is 0 Å². The van der Waals surface area contributed by atoms with Crippen molar-refractivity contribution in [2.24, 2.45) is 0 Å². The van der Waals surface area contributed by atoms with Crippen molar-refractivity contribution in [2.75, 3.05) is 4.90 Å². The number of anilines is 1. The predicted octanol–water partition coefficient (Wildman–Crippen LogP) is 1.85. The van der Waals surface area contributed by atoms with Crippen LogP contribution in [0.4, 0.5) is 10.1 Å². The summed E-state index contributed by atoms with van der Waals surface area (Å²) >= 11 is 0. The second-order valence-corrected chi connectivity index (χ2v) is 5.00. The van der Waals surface area contributed by atoms with Crippen LogP contribution in [0.2, 0.25) is 0 Å². The van der Waals surface area contributed by atoms with E-state index in [1.165, 1.54) is 29.2 Å². The maximum absolute atomic E-state index is 13.0. The smallest absolute Gasteiger partial charge is 0.253 e. The molecule has 1 saturated heterocycles. The van der Waals surface area contributed by atoms with Gasteiger partial charge in [-0.05, 0) is 44.5 Å². The zero-order chi connectivity index (χ0) is 14.2. The monoisotopic (exact) mass is 264 g/mol. The molecule has 1 N–H and O–H groups in total. The molecule has 1 aromatic rings. The van der Waals surface area contributed by atoms with E-state index < -0.39 is 11.6 Å². The van der Waals surface area contributed by atoms with Gasteiger partial charge in [0, 0.05) is 5.69 Å². The zero-order valence-corrected chi connectivity index (χ0v) is 11.2. The van der Waals surface area contributed by atoms with E-state index in [0.717, 1.165) is 0 Å². The second kappa shape index (κ2) is 4.64. The van der Waals surface area contributed by atoms with Gasteiger partial charge in [-0.1, -0.05) is 6.92 Å². The molecule has 0 aromatic heterocycles. The van der Waals surface area contributed by atoms with Gasteiger partial charge in [0.25, 0.3) is 5.91 Å². The van der Waals surface area contributed by atoms with E-state index >= 15 is 0 Å². The Kier molecular flexibility index (Phi) is 3.30. The molecule has 0 saturated carbocycles. The van der Waals surface area contributed by atoms with Crippen molar-refractivity contribution >= 4 is 17.5 Å². The third kappa shape index (κ3) is 2.20. The number of amides is 2. The fourth-order valence-corrected chi connectivity index (χ4v) is 2.17. The van der Waals surface area contributed by atoms with Crippen LogP contribution in [-0.2, 0) is 9.59 Å². The highest BCUT2D eigenvalue weighted by Crippen LogP contribution is 2.27. The highest BCUT2D eigenvalue weighted by atomic mass is 19.1. The second-order valence-electron chi connectivity index (χ2n) is 5.00. The molecule has 1 fully saturated rings. The van der Waals surface area contributed by atoms with E-state index in [-0.39, 0.29) is 17.6 Å². The molecule has 4 nitrogen and oxygen atoms in total. The van der Waals surface area contributed by atoms with Crippen LogP contribution in [0.3, 0.4) is 0 Å². The van der Waals surface area contributed by atoms with Crippen molar-refractivity contribution in [3.05, 3.63) is 30.1 Å². The third-order valence-electron chi connectivity index (χ3n) is 3.67. The lowest BCUT2D eigenvalue weighted by Crippen LogP contribution is -2.68. The summed E-state index contributed by atoms with van der Waals surface area (Å²) in [6.07, 6.45) is 0.502. The standard InChI is InChI=1S/C14H17FN2O2/c1-4-14(3)13(19)17(9(2)12(18)16-14)11-7-5-10(15)6-8-11/h5-9H,4H2,1-3H3,(H,16,18). The fraction of sp³-hybridized carbons (Fsp3) is 0.429. The number of nitrogens with one attached hydrogen (secondary N) is 1. The number of benzene rings is 1. The number of hydrogen-bond donors (Lipinski definition) is 1. The number of piperazine rings is 1. The minimum absolute atomic E-state index is 0.172. The molecule has 0 spiro atoms. The van der Waals surface area contributed by atoms with Crippen LogP contribution in [0.1, 0.15) is 27.2 Å². The normalized spacial score (nSPS) is 27.4. The molecule has 19 heavy (non-hydrogen) atoms. The Morgan fingerprint density at radius 3 is 2.42 bits per heavy atom. The first-order valence-corrected chi connectivity index (χ1v) is 6.30. The summed E-state index contributed by atoms with van der Waals surface area (Å²) in [5.74, 6) is -0.745. The number of carbonyl (C=O) groups excluding carboxylic acids is 2. The van der Waals surface area contributed by atoms with Crippen molar-refractivity contribution in [2.45, 2.75) is 38.8 Å². The van der Waals surface area contributed by atoms with Crippen LogP contribution in [-0.4, -0.2) is 23.4 Å². The van der Waals surface area contributed by atoms with Crippen molar-refractivity contribution in [3.8, 4) is 0 Å². The number of halogens is 1. The first-order chi connectivity index (χ1) is 8.89. The maximum Gasteiger partial charge on any atom is 0.253 e. The Morgan fingerprint density at radius 1 is 1.32 bits per heavy atom. The zero-order valence-electron chi connectivity index (χ0n) is 11.2. The Hall–Kier alpha value is -1.91. The minimum atomic E-state index is -0.905. The molecule has 2 amide bonds. The lowest BCUT2D eigenvalue weighted by atomic mass is 9.92. The molecule has 2 unspecified atom stereocenters. The van der Waals surface area contributed by atoms with E-state index in [1.54, 1.807) is 13.8 Å². The summed E-state index contributed by atoms with van der Waals surface area (Å²) in [6, 6.07) is 4.99. The molecule has 102 valence electrons. The summed E-state index contributed by atoms with van der Waals surface area (Å²) in [4.78, 5) is 26.0. The first kappa shape index (κ1) is 13.5. The molecule has 1 aliphatic heterocycles. The van der Waals surface area contributed by atoms with Gasteiger partial charge in [0.2, 0.25) is 5.91 Å². The van der Waals surface area contributed by atoms with Crippen LogP contribution >= 0.6 is 0 Å². The van der Waals surface area contributed by atoms with E-state index in [1.807, 2.05) is 6.92 Å². The van der Waals surface area contributed by atoms with Gasteiger partial charge in [-0.2, -0.15) is 0 Å². The maximum atomic E-state index is 13.0. The molecule has 1 aromatic carbocycles. The van der Waals surface area contributed by atoms with Gasteiger partial charge in [0.15, 0.2) is 0 Å². The number of rotatable bonds is 2. The molecule has 2 rings (SSSR count). The highest BCUT2D eigenvalue weighted by molar-refractivity contribution is 6.10. The summed E-state index contributed by atoms with van der Waals surface area (Å²) in [5.41, 5.74) is -0.369. The summed E-state index contributed by atoms with van der Waals surface area (Å²) < 4.78 is 13.0. The quantitative estimate of drug-likeness (QED) is 0.886. The van der Waals surface area contributed by atoms with Crippen LogP contribution in [0.25, 0.3) is 0 Å². The fourth-order valence-electron chi connectivity index (χ4n) is 2.17. The van der Waals surface area contributed by atoms with Crippen molar-refractivity contribution < 1.29 is 14.0 Å². The average molecular weight is 264 g/mol. The SMILES string of the molecule is CCC1(C)NC(=O)C(C)N(c2ccc(F)cc2)C1=O. The van der Waals surface area contributed by atoms with Crippen LogP contribution in [0.15, 0.2) is 24.3 Å². The third-order valence-corrected chi connectivity index (χ3v) is 3.67. The van der Waals surface area contributed by atoms with E-state index in [0.29, 0.717) is 12.1 Å². The van der Waals surface area contributed by atoms with E-state index in [4.69, 9.17) is 0 Å². The summed E-state index contributed by atoms with van der Waals surface area (Å²) in [6.45, 7) is 5.21. The number of hydrogen-bond acceptors (Lipinski definition) is 2. The van der Waals surface area contributed by atoms with Gasteiger partial charge >= 0.3 is 0 Å². The lowest BCUT2D eigenvalue weighted by Gasteiger charge is -2.42. The average Bonchev–Trinajstić information content (AvgIpc) is 2.39. The predicted molar refractivity (Wildman–Crippen MR) is 70.2 cm³/mol. The molecular formula is C14H17FN2O2. The van der Waals surface area contributed by atoms with Gasteiger partial charge in [0.05, 0.1) is 0 Å². The van der Waals surface area contributed by atoms with Gasteiger partial charge in [-0.15, -0.1) is 0 Å². The van der Waals surface area contributed by atoms with Crippen molar-refractivity contribution in [1.82, 2.24) is 5.32 Å².